The van der Waals surface area contributed by atoms with Crippen LogP contribution < -0.4 is 5.32 Å². The quantitative estimate of drug-likeness (QED) is 0.792. The van der Waals surface area contributed by atoms with Crippen LogP contribution in [-0.2, 0) is 20.0 Å². The molecule has 0 aliphatic heterocycles. The molecule has 0 saturated heterocycles. The summed E-state index contributed by atoms with van der Waals surface area (Å²) in [5.41, 5.74) is 2.24. The first-order chi connectivity index (χ1) is 9.08. The van der Waals surface area contributed by atoms with Gasteiger partial charge in [-0.05, 0) is 24.6 Å². The van der Waals surface area contributed by atoms with Crippen molar-refractivity contribution in [3.63, 3.8) is 0 Å². The highest BCUT2D eigenvalue weighted by Crippen LogP contribution is 2.21. The number of nitrogens with one attached hydrogen (secondary N) is 1. The second-order valence-electron chi connectivity index (χ2n) is 4.37. The summed E-state index contributed by atoms with van der Waals surface area (Å²) in [5, 5.41) is 16.4. The van der Waals surface area contributed by atoms with Gasteiger partial charge in [-0.15, -0.1) is 11.3 Å². The van der Waals surface area contributed by atoms with E-state index in [4.69, 9.17) is 5.11 Å². The molecule has 0 atom stereocenters. The molecular weight excluding hydrogens is 262 g/mol. The number of aromatic carboxylic acids is 1. The van der Waals surface area contributed by atoms with Crippen molar-refractivity contribution < 1.29 is 9.90 Å². The molecule has 2 heterocycles. The molecule has 0 spiro atoms. The summed E-state index contributed by atoms with van der Waals surface area (Å²) in [6.07, 6.45) is 2.70. The number of aryl methyl sites for hydroxylation is 2. The first-order valence-electron chi connectivity index (χ1n) is 6.08. The van der Waals surface area contributed by atoms with Crippen LogP contribution in [0.1, 0.15) is 25.8 Å². The van der Waals surface area contributed by atoms with Gasteiger partial charge < -0.3 is 10.4 Å². The molecule has 0 amide bonds. The highest BCUT2D eigenvalue weighted by molar-refractivity contribution is 7.14. The highest BCUT2D eigenvalue weighted by Gasteiger charge is 2.10. The largest absolute Gasteiger partial charge is 0.477 e. The summed E-state index contributed by atoms with van der Waals surface area (Å²) in [7, 11) is 1.93. The Morgan fingerprint density at radius 2 is 2.37 bits per heavy atom. The van der Waals surface area contributed by atoms with Gasteiger partial charge in [0.15, 0.2) is 0 Å². The third kappa shape index (κ3) is 3.42. The number of carboxylic acids is 1. The minimum Gasteiger partial charge on any atom is -0.477 e. The molecule has 0 saturated carbocycles. The number of carbonyl (C=O) groups is 1. The van der Waals surface area contributed by atoms with E-state index in [9.17, 15) is 4.79 Å². The van der Waals surface area contributed by atoms with Gasteiger partial charge in [-0.3, -0.25) is 4.68 Å². The lowest BCUT2D eigenvalue weighted by Crippen LogP contribution is -2.18. The molecule has 0 aliphatic rings. The summed E-state index contributed by atoms with van der Waals surface area (Å²) >= 11 is 1.33. The van der Waals surface area contributed by atoms with Crippen molar-refractivity contribution in [3.8, 4) is 0 Å². The lowest BCUT2D eigenvalue weighted by Gasteiger charge is -2.04. The predicted octanol–water partition coefficient (Wildman–Crippen LogP) is 1.82. The van der Waals surface area contributed by atoms with Crippen molar-refractivity contribution in [3.05, 3.63) is 39.3 Å². The van der Waals surface area contributed by atoms with E-state index in [0.717, 1.165) is 23.4 Å². The zero-order valence-corrected chi connectivity index (χ0v) is 11.8. The zero-order valence-electron chi connectivity index (χ0n) is 11.0. The molecule has 0 aliphatic carbocycles. The first kappa shape index (κ1) is 13.8. The molecular formula is C13H17N3O2S. The third-order valence-electron chi connectivity index (χ3n) is 3.03. The van der Waals surface area contributed by atoms with Gasteiger partial charge in [0.05, 0.1) is 0 Å². The number of carboxylic acid groups (broad SMARTS) is 1. The third-order valence-corrected chi connectivity index (χ3v) is 4.11. The molecule has 0 radical (unpaired) electrons. The molecule has 5 nitrogen and oxygen atoms in total. The first-order valence-corrected chi connectivity index (χ1v) is 6.90. The van der Waals surface area contributed by atoms with E-state index in [1.165, 1.54) is 17.0 Å². The summed E-state index contributed by atoms with van der Waals surface area (Å²) < 4.78 is 1.86. The molecule has 0 bridgehead atoms. The van der Waals surface area contributed by atoms with E-state index in [-0.39, 0.29) is 0 Å². The Labute approximate surface area is 115 Å². The highest BCUT2D eigenvalue weighted by atomic mass is 32.1. The fourth-order valence-electron chi connectivity index (χ4n) is 1.89. The SMILES string of the molecule is Cc1sc(C(=O)O)cc1CNCCc1ccnn1C. The minimum atomic E-state index is -0.853. The number of aromatic nitrogens is 2. The fourth-order valence-corrected chi connectivity index (χ4v) is 2.77. The van der Waals surface area contributed by atoms with E-state index >= 15 is 0 Å². The van der Waals surface area contributed by atoms with Gasteiger partial charge in [0, 0.05) is 43.3 Å². The number of hydrogen-bond acceptors (Lipinski definition) is 4. The van der Waals surface area contributed by atoms with Gasteiger partial charge in [0.1, 0.15) is 4.88 Å². The molecule has 19 heavy (non-hydrogen) atoms. The summed E-state index contributed by atoms with van der Waals surface area (Å²) in [4.78, 5) is 12.3. The molecule has 2 aromatic heterocycles. The van der Waals surface area contributed by atoms with E-state index in [2.05, 4.69) is 10.4 Å². The summed E-state index contributed by atoms with van der Waals surface area (Å²) in [6, 6.07) is 3.75. The van der Waals surface area contributed by atoms with Crippen LogP contribution in [0.2, 0.25) is 0 Å². The van der Waals surface area contributed by atoms with Crippen molar-refractivity contribution in [2.75, 3.05) is 6.54 Å². The molecule has 6 heteroatoms. The number of thiophene rings is 1. The second kappa shape index (κ2) is 5.99. The molecule has 2 rings (SSSR count). The molecule has 0 unspecified atom stereocenters. The average molecular weight is 279 g/mol. The van der Waals surface area contributed by atoms with Crippen molar-refractivity contribution >= 4 is 17.3 Å². The van der Waals surface area contributed by atoms with E-state index in [1.807, 2.05) is 24.7 Å². The molecule has 2 N–H and O–H groups in total. The Morgan fingerprint density at radius 1 is 1.58 bits per heavy atom. The van der Waals surface area contributed by atoms with Crippen molar-refractivity contribution in [1.82, 2.24) is 15.1 Å². The van der Waals surface area contributed by atoms with Crippen LogP contribution in [-0.4, -0.2) is 27.4 Å². The smallest absolute Gasteiger partial charge is 0.345 e. The van der Waals surface area contributed by atoms with Gasteiger partial charge in [-0.25, -0.2) is 4.79 Å². The summed E-state index contributed by atoms with van der Waals surface area (Å²) in [5.74, 6) is -0.853. The van der Waals surface area contributed by atoms with Gasteiger partial charge in [0.2, 0.25) is 0 Å². The van der Waals surface area contributed by atoms with Crippen LogP contribution in [0.25, 0.3) is 0 Å². The summed E-state index contributed by atoms with van der Waals surface area (Å²) in [6.45, 7) is 3.50. The van der Waals surface area contributed by atoms with E-state index in [1.54, 1.807) is 12.3 Å². The standard InChI is InChI=1S/C13H17N3O2S/c1-9-10(7-12(19-9)13(17)18)8-14-5-3-11-4-6-15-16(11)2/h4,6-7,14H,3,5,8H2,1-2H3,(H,17,18). The van der Waals surface area contributed by atoms with Crippen molar-refractivity contribution in [1.29, 1.82) is 0 Å². The predicted molar refractivity (Wildman–Crippen MR) is 74.6 cm³/mol. The van der Waals surface area contributed by atoms with Crippen LogP contribution in [0.3, 0.4) is 0 Å². The minimum absolute atomic E-state index is 0.404. The number of rotatable bonds is 6. The Bertz CT molecular complexity index is 574. The van der Waals surface area contributed by atoms with Gasteiger partial charge in [-0.1, -0.05) is 0 Å². The molecule has 102 valence electrons. The van der Waals surface area contributed by atoms with Crippen LogP contribution in [0.5, 0.6) is 0 Å². The maximum Gasteiger partial charge on any atom is 0.345 e. The van der Waals surface area contributed by atoms with Gasteiger partial charge >= 0.3 is 5.97 Å². The van der Waals surface area contributed by atoms with E-state index in [0.29, 0.717) is 11.4 Å². The lowest BCUT2D eigenvalue weighted by molar-refractivity contribution is 0.0702. The van der Waals surface area contributed by atoms with Gasteiger partial charge in [0.25, 0.3) is 0 Å². The van der Waals surface area contributed by atoms with Crippen LogP contribution in [0.4, 0.5) is 0 Å². The van der Waals surface area contributed by atoms with Crippen molar-refractivity contribution in [2.45, 2.75) is 19.9 Å². The Morgan fingerprint density at radius 3 is 2.95 bits per heavy atom. The monoisotopic (exact) mass is 279 g/mol. The maximum absolute atomic E-state index is 10.9. The van der Waals surface area contributed by atoms with Crippen molar-refractivity contribution in [2.24, 2.45) is 7.05 Å². The Kier molecular flexibility index (Phi) is 4.34. The normalized spacial score (nSPS) is 10.8. The topological polar surface area (TPSA) is 67.2 Å². The molecule has 2 aromatic rings. The lowest BCUT2D eigenvalue weighted by atomic mass is 10.2. The Hall–Kier alpha value is -1.66. The van der Waals surface area contributed by atoms with Gasteiger partial charge in [-0.2, -0.15) is 5.10 Å². The van der Waals surface area contributed by atoms with E-state index < -0.39 is 5.97 Å². The van der Waals surface area contributed by atoms with Crippen LogP contribution in [0.15, 0.2) is 18.3 Å². The van der Waals surface area contributed by atoms with Crippen LogP contribution >= 0.6 is 11.3 Å². The maximum atomic E-state index is 10.9. The number of hydrogen-bond donors (Lipinski definition) is 2. The fraction of sp³-hybridized carbons (Fsp3) is 0.385. The second-order valence-corrected chi connectivity index (χ2v) is 5.63. The molecule has 0 aromatic carbocycles. The average Bonchev–Trinajstić information content (AvgIpc) is 2.92. The Balaban J connectivity index is 1.83. The zero-order chi connectivity index (χ0) is 13.8. The van der Waals surface area contributed by atoms with Crippen LogP contribution in [0, 0.1) is 6.92 Å². The molecule has 0 fully saturated rings. The number of nitrogens with zero attached hydrogens (tertiary/aromatic N) is 2.